The monoisotopic (exact) mass is 266 g/mol. The normalized spacial score (nSPS) is 12.5. The highest BCUT2D eigenvalue weighted by atomic mass is 16.5. The quantitative estimate of drug-likeness (QED) is 0.698. The fraction of sp³-hybridized carbons (Fsp3) is 0.667. The Morgan fingerprint density at radius 1 is 1.32 bits per heavy atom. The highest BCUT2D eigenvalue weighted by Gasteiger charge is 2.12. The van der Waals surface area contributed by atoms with Gasteiger partial charge in [-0.1, -0.05) is 20.8 Å². The number of rotatable bonds is 9. The van der Waals surface area contributed by atoms with E-state index in [4.69, 9.17) is 9.47 Å². The Bertz CT molecular complexity index is 339. The lowest BCUT2D eigenvalue weighted by atomic mass is 10.0. The van der Waals surface area contributed by atoms with Gasteiger partial charge in [-0.05, 0) is 37.9 Å². The summed E-state index contributed by atoms with van der Waals surface area (Å²) in [5.74, 6) is 2.04. The fourth-order valence-electron chi connectivity index (χ4n) is 1.94. The molecule has 1 unspecified atom stereocenters. The average molecular weight is 266 g/mol. The molecule has 4 nitrogen and oxygen atoms in total. The third-order valence-corrected chi connectivity index (χ3v) is 2.85. The molecule has 0 aromatic carbocycles. The molecular weight excluding hydrogens is 240 g/mol. The third kappa shape index (κ3) is 6.43. The van der Waals surface area contributed by atoms with Crippen molar-refractivity contribution in [2.75, 3.05) is 20.2 Å². The van der Waals surface area contributed by atoms with Crippen molar-refractivity contribution in [2.45, 2.75) is 39.7 Å². The van der Waals surface area contributed by atoms with E-state index in [0.717, 1.165) is 31.7 Å². The largest absolute Gasteiger partial charge is 0.489 e. The van der Waals surface area contributed by atoms with Gasteiger partial charge in [-0.3, -0.25) is 0 Å². The molecule has 0 aliphatic rings. The summed E-state index contributed by atoms with van der Waals surface area (Å²) in [6.07, 6.45) is 4.02. The molecule has 1 aromatic rings. The van der Waals surface area contributed by atoms with Crippen LogP contribution in [0.5, 0.6) is 11.6 Å². The maximum atomic E-state index is 6.01. The van der Waals surface area contributed by atoms with Gasteiger partial charge < -0.3 is 14.8 Å². The van der Waals surface area contributed by atoms with Crippen LogP contribution in [0.3, 0.4) is 0 Å². The zero-order chi connectivity index (χ0) is 14.1. The molecule has 0 aliphatic carbocycles. The molecule has 0 saturated heterocycles. The van der Waals surface area contributed by atoms with Crippen LogP contribution in [0.15, 0.2) is 18.3 Å². The van der Waals surface area contributed by atoms with Crippen molar-refractivity contribution in [3.8, 4) is 11.6 Å². The van der Waals surface area contributed by atoms with E-state index in [2.05, 4.69) is 31.1 Å². The molecule has 19 heavy (non-hydrogen) atoms. The molecule has 1 N–H and O–H groups in total. The Morgan fingerprint density at radius 3 is 2.63 bits per heavy atom. The van der Waals surface area contributed by atoms with Crippen molar-refractivity contribution < 1.29 is 9.47 Å². The third-order valence-electron chi connectivity index (χ3n) is 2.85. The average Bonchev–Trinajstić information content (AvgIpc) is 2.39. The van der Waals surface area contributed by atoms with Gasteiger partial charge in [-0.15, -0.1) is 0 Å². The molecule has 0 fully saturated rings. The Morgan fingerprint density at radius 2 is 2.11 bits per heavy atom. The lowest BCUT2D eigenvalue weighted by molar-refractivity contribution is 0.163. The number of nitrogens with zero attached hydrogens (tertiary/aromatic N) is 1. The van der Waals surface area contributed by atoms with E-state index in [9.17, 15) is 0 Å². The van der Waals surface area contributed by atoms with Gasteiger partial charge in [0.15, 0.2) is 0 Å². The zero-order valence-corrected chi connectivity index (χ0v) is 12.5. The first-order valence-electron chi connectivity index (χ1n) is 7.03. The highest BCUT2D eigenvalue weighted by molar-refractivity contribution is 5.22. The maximum Gasteiger partial charge on any atom is 0.213 e. The van der Waals surface area contributed by atoms with Crippen LogP contribution in [0.4, 0.5) is 0 Å². The second-order valence-corrected chi connectivity index (χ2v) is 5.05. The van der Waals surface area contributed by atoms with Crippen LogP contribution < -0.4 is 14.8 Å². The number of pyridine rings is 1. The summed E-state index contributed by atoms with van der Waals surface area (Å²) in [6, 6.07) is 3.73. The van der Waals surface area contributed by atoms with E-state index in [1.54, 1.807) is 13.3 Å². The van der Waals surface area contributed by atoms with Crippen LogP contribution >= 0.6 is 0 Å². The highest BCUT2D eigenvalue weighted by Crippen LogP contribution is 2.19. The Labute approximate surface area is 116 Å². The predicted molar refractivity (Wildman–Crippen MR) is 77.8 cm³/mol. The number of methoxy groups -OCH3 is 1. The Hall–Kier alpha value is -1.29. The van der Waals surface area contributed by atoms with E-state index in [-0.39, 0.29) is 6.10 Å². The second kappa shape index (κ2) is 8.75. The first kappa shape index (κ1) is 15.8. The summed E-state index contributed by atoms with van der Waals surface area (Å²) >= 11 is 0. The summed E-state index contributed by atoms with van der Waals surface area (Å²) < 4.78 is 11.1. The zero-order valence-electron chi connectivity index (χ0n) is 12.5. The maximum absolute atomic E-state index is 6.01. The van der Waals surface area contributed by atoms with Crippen LogP contribution in [-0.4, -0.2) is 31.3 Å². The first-order chi connectivity index (χ1) is 9.15. The standard InChI is InChI=1S/C15H26N2O2/c1-5-16-9-8-13(10-12(2)3)19-14-6-7-15(18-4)17-11-14/h6-7,11-13,16H,5,8-10H2,1-4H3. The van der Waals surface area contributed by atoms with E-state index >= 15 is 0 Å². The fourth-order valence-corrected chi connectivity index (χ4v) is 1.94. The van der Waals surface area contributed by atoms with Gasteiger partial charge in [0.25, 0.3) is 0 Å². The van der Waals surface area contributed by atoms with E-state index in [1.807, 2.05) is 12.1 Å². The topological polar surface area (TPSA) is 43.4 Å². The van der Waals surface area contributed by atoms with E-state index in [1.165, 1.54) is 0 Å². The van der Waals surface area contributed by atoms with Gasteiger partial charge in [-0.2, -0.15) is 0 Å². The van der Waals surface area contributed by atoms with Crippen LogP contribution in [0.25, 0.3) is 0 Å². The van der Waals surface area contributed by atoms with Crippen molar-refractivity contribution in [1.82, 2.24) is 10.3 Å². The SMILES string of the molecule is CCNCCC(CC(C)C)Oc1ccc(OC)nc1. The number of hydrogen-bond acceptors (Lipinski definition) is 4. The van der Waals surface area contributed by atoms with Crippen molar-refractivity contribution >= 4 is 0 Å². The van der Waals surface area contributed by atoms with Crippen molar-refractivity contribution in [2.24, 2.45) is 5.92 Å². The molecule has 1 rings (SSSR count). The van der Waals surface area contributed by atoms with Gasteiger partial charge in [0, 0.05) is 6.07 Å². The van der Waals surface area contributed by atoms with Crippen LogP contribution in [0, 0.1) is 5.92 Å². The van der Waals surface area contributed by atoms with Crippen molar-refractivity contribution in [3.05, 3.63) is 18.3 Å². The second-order valence-electron chi connectivity index (χ2n) is 5.05. The van der Waals surface area contributed by atoms with E-state index < -0.39 is 0 Å². The molecule has 0 bridgehead atoms. The molecule has 1 atom stereocenters. The molecule has 1 aromatic heterocycles. The molecule has 0 amide bonds. The van der Waals surface area contributed by atoms with Crippen LogP contribution in [0.1, 0.15) is 33.6 Å². The van der Waals surface area contributed by atoms with Gasteiger partial charge in [-0.25, -0.2) is 4.98 Å². The molecule has 0 spiro atoms. The van der Waals surface area contributed by atoms with E-state index in [0.29, 0.717) is 11.8 Å². The van der Waals surface area contributed by atoms with Crippen molar-refractivity contribution in [3.63, 3.8) is 0 Å². The summed E-state index contributed by atoms with van der Waals surface area (Å²) in [7, 11) is 1.61. The Kier molecular flexibility index (Phi) is 7.26. The summed E-state index contributed by atoms with van der Waals surface area (Å²) in [5.41, 5.74) is 0. The first-order valence-corrected chi connectivity index (χ1v) is 7.03. The molecule has 0 aliphatic heterocycles. The van der Waals surface area contributed by atoms with Crippen molar-refractivity contribution in [1.29, 1.82) is 0 Å². The van der Waals surface area contributed by atoms with Gasteiger partial charge in [0.05, 0.1) is 13.3 Å². The molecular formula is C15H26N2O2. The number of hydrogen-bond donors (Lipinski definition) is 1. The van der Waals surface area contributed by atoms with Crippen LogP contribution in [0.2, 0.25) is 0 Å². The minimum atomic E-state index is 0.231. The molecule has 0 saturated carbocycles. The predicted octanol–water partition coefficient (Wildman–Crippen LogP) is 2.88. The number of nitrogens with one attached hydrogen (secondary N) is 1. The smallest absolute Gasteiger partial charge is 0.213 e. The minimum Gasteiger partial charge on any atom is -0.489 e. The van der Waals surface area contributed by atoms with Crippen LogP contribution in [-0.2, 0) is 0 Å². The minimum absolute atomic E-state index is 0.231. The lowest BCUT2D eigenvalue weighted by Crippen LogP contribution is -2.25. The van der Waals surface area contributed by atoms with Gasteiger partial charge >= 0.3 is 0 Å². The molecule has 108 valence electrons. The molecule has 0 radical (unpaired) electrons. The Balaban J connectivity index is 2.53. The summed E-state index contributed by atoms with van der Waals surface area (Å²) in [6.45, 7) is 8.54. The number of aromatic nitrogens is 1. The molecule has 1 heterocycles. The summed E-state index contributed by atoms with van der Waals surface area (Å²) in [4.78, 5) is 4.16. The van der Waals surface area contributed by atoms with Gasteiger partial charge in [0.1, 0.15) is 11.9 Å². The molecule has 4 heteroatoms. The lowest BCUT2D eigenvalue weighted by Gasteiger charge is -2.21. The number of ether oxygens (including phenoxy) is 2. The van der Waals surface area contributed by atoms with Gasteiger partial charge in [0.2, 0.25) is 5.88 Å². The summed E-state index contributed by atoms with van der Waals surface area (Å²) in [5, 5.41) is 3.34.